The zero-order valence-electron chi connectivity index (χ0n) is 16.5. The summed E-state index contributed by atoms with van der Waals surface area (Å²) >= 11 is 0. The van der Waals surface area contributed by atoms with Gasteiger partial charge in [0.15, 0.2) is 0 Å². The maximum atomic E-state index is 11.5. The maximum Gasteiger partial charge on any atom is 0.323 e. The van der Waals surface area contributed by atoms with E-state index in [1.807, 2.05) is 74.5 Å². The molecule has 0 saturated heterocycles. The molecule has 0 bridgehead atoms. The molecular formula is C22H30N2O4. The van der Waals surface area contributed by atoms with Gasteiger partial charge in [-0.25, -0.2) is 0 Å². The van der Waals surface area contributed by atoms with Crippen LogP contribution in [-0.2, 0) is 27.4 Å². The minimum absolute atomic E-state index is 0.297. The van der Waals surface area contributed by atoms with E-state index in [9.17, 15) is 9.59 Å². The molecule has 6 heteroatoms. The fraction of sp³-hybridized carbons (Fsp3) is 0.364. The number of esters is 1. The third-order valence-corrected chi connectivity index (χ3v) is 3.87. The van der Waals surface area contributed by atoms with Crippen molar-refractivity contribution < 1.29 is 19.4 Å². The van der Waals surface area contributed by atoms with Crippen molar-refractivity contribution in [2.45, 2.75) is 45.4 Å². The van der Waals surface area contributed by atoms with Crippen molar-refractivity contribution in [3.8, 4) is 0 Å². The van der Waals surface area contributed by atoms with Crippen LogP contribution in [0.5, 0.6) is 0 Å². The van der Waals surface area contributed by atoms with Crippen molar-refractivity contribution in [3.63, 3.8) is 0 Å². The lowest BCUT2D eigenvalue weighted by Crippen LogP contribution is -2.33. The summed E-state index contributed by atoms with van der Waals surface area (Å²) in [5.41, 5.74) is 13.0. The Morgan fingerprint density at radius 1 is 0.893 bits per heavy atom. The van der Waals surface area contributed by atoms with Crippen LogP contribution in [0.4, 0.5) is 0 Å². The Bertz CT molecular complexity index is 705. The van der Waals surface area contributed by atoms with Crippen LogP contribution in [0.2, 0.25) is 0 Å². The molecule has 2 aromatic carbocycles. The van der Waals surface area contributed by atoms with Crippen LogP contribution in [-0.4, -0.2) is 29.1 Å². The largest absolute Gasteiger partial charge is 0.480 e. The second kappa shape index (κ2) is 12.6. The second-order valence-corrected chi connectivity index (χ2v) is 6.96. The third kappa shape index (κ3) is 9.85. The SMILES string of the molecule is CC(C)C[C@H](N)C(=O)OCc1ccccc1.N[C@@H](Cc1ccccc1)C(=O)O. The van der Waals surface area contributed by atoms with Crippen molar-refractivity contribution in [3.05, 3.63) is 71.8 Å². The molecule has 2 rings (SSSR count). The average Bonchev–Trinajstić information content (AvgIpc) is 2.67. The van der Waals surface area contributed by atoms with Gasteiger partial charge in [0.1, 0.15) is 18.7 Å². The number of aliphatic carboxylic acids is 1. The summed E-state index contributed by atoms with van der Waals surface area (Å²) in [6.45, 7) is 4.36. The topological polar surface area (TPSA) is 116 Å². The number of nitrogens with two attached hydrogens (primary N) is 2. The Morgan fingerprint density at radius 3 is 1.86 bits per heavy atom. The molecule has 0 aromatic heterocycles. The van der Waals surface area contributed by atoms with Gasteiger partial charge in [0, 0.05) is 0 Å². The summed E-state index contributed by atoms with van der Waals surface area (Å²) in [5.74, 6) is -0.879. The van der Waals surface area contributed by atoms with Gasteiger partial charge in [-0.3, -0.25) is 9.59 Å². The monoisotopic (exact) mass is 386 g/mol. The van der Waals surface area contributed by atoms with E-state index in [1.54, 1.807) is 0 Å². The maximum absolute atomic E-state index is 11.5. The van der Waals surface area contributed by atoms with Crippen LogP contribution < -0.4 is 11.5 Å². The summed E-state index contributed by atoms with van der Waals surface area (Å²) < 4.78 is 5.13. The van der Waals surface area contributed by atoms with Gasteiger partial charge < -0.3 is 21.3 Å². The highest BCUT2D eigenvalue weighted by atomic mass is 16.5. The molecule has 0 aliphatic heterocycles. The predicted octanol–water partition coefficient (Wildman–Crippen LogP) is 2.74. The van der Waals surface area contributed by atoms with Gasteiger partial charge in [-0.05, 0) is 29.9 Å². The summed E-state index contributed by atoms with van der Waals surface area (Å²) in [6.07, 6.45) is 1.05. The number of carboxylic acids is 1. The van der Waals surface area contributed by atoms with Crippen LogP contribution in [0.3, 0.4) is 0 Å². The van der Waals surface area contributed by atoms with Gasteiger partial charge in [-0.15, -0.1) is 0 Å². The fourth-order valence-electron chi connectivity index (χ4n) is 2.40. The van der Waals surface area contributed by atoms with E-state index in [1.165, 1.54) is 0 Å². The number of rotatable bonds is 8. The zero-order valence-corrected chi connectivity index (χ0v) is 16.5. The van der Waals surface area contributed by atoms with Gasteiger partial charge in [0.05, 0.1) is 0 Å². The van der Waals surface area contributed by atoms with Crippen molar-refractivity contribution in [1.82, 2.24) is 0 Å². The first-order valence-electron chi connectivity index (χ1n) is 9.28. The number of hydrogen-bond donors (Lipinski definition) is 3. The molecular weight excluding hydrogens is 356 g/mol. The average molecular weight is 386 g/mol. The minimum atomic E-state index is -0.959. The van der Waals surface area contributed by atoms with Gasteiger partial charge >= 0.3 is 11.9 Å². The smallest absolute Gasteiger partial charge is 0.323 e. The van der Waals surface area contributed by atoms with Crippen LogP contribution in [0.15, 0.2) is 60.7 Å². The van der Waals surface area contributed by atoms with Gasteiger partial charge in [0.2, 0.25) is 0 Å². The summed E-state index contributed by atoms with van der Waals surface area (Å²) in [6, 6.07) is 17.6. The lowest BCUT2D eigenvalue weighted by Gasteiger charge is -2.13. The number of benzene rings is 2. The van der Waals surface area contributed by atoms with Gasteiger partial charge in [-0.1, -0.05) is 74.5 Å². The molecule has 152 valence electrons. The predicted molar refractivity (Wildman–Crippen MR) is 109 cm³/mol. The minimum Gasteiger partial charge on any atom is -0.480 e. The molecule has 2 atom stereocenters. The highest BCUT2D eigenvalue weighted by Crippen LogP contribution is 2.06. The molecule has 0 aliphatic carbocycles. The molecule has 0 fully saturated rings. The number of ether oxygens (including phenoxy) is 1. The van der Waals surface area contributed by atoms with Crippen molar-refractivity contribution >= 4 is 11.9 Å². The third-order valence-electron chi connectivity index (χ3n) is 3.87. The lowest BCUT2D eigenvalue weighted by molar-refractivity contribution is -0.147. The van der Waals surface area contributed by atoms with Crippen LogP contribution in [0.1, 0.15) is 31.4 Å². The van der Waals surface area contributed by atoms with Gasteiger partial charge in [-0.2, -0.15) is 0 Å². The normalized spacial score (nSPS) is 12.5. The molecule has 2 aromatic rings. The Kier molecular flexibility index (Phi) is 10.5. The van der Waals surface area contributed by atoms with E-state index in [2.05, 4.69) is 0 Å². The molecule has 28 heavy (non-hydrogen) atoms. The zero-order chi connectivity index (χ0) is 20.9. The van der Waals surface area contributed by atoms with E-state index in [0.717, 1.165) is 11.1 Å². The van der Waals surface area contributed by atoms with E-state index >= 15 is 0 Å². The first kappa shape index (κ1) is 23.3. The lowest BCUT2D eigenvalue weighted by atomic mass is 10.1. The summed E-state index contributed by atoms with van der Waals surface area (Å²) in [7, 11) is 0. The van der Waals surface area contributed by atoms with Crippen LogP contribution in [0, 0.1) is 5.92 Å². The number of carbonyl (C=O) groups is 2. The molecule has 0 saturated carbocycles. The Morgan fingerprint density at radius 2 is 1.39 bits per heavy atom. The summed E-state index contributed by atoms with van der Waals surface area (Å²) in [4.78, 5) is 21.9. The van der Waals surface area contributed by atoms with Crippen molar-refractivity contribution in [1.29, 1.82) is 0 Å². The Labute approximate surface area is 166 Å². The molecule has 0 heterocycles. The van der Waals surface area contributed by atoms with Crippen molar-refractivity contribution in [2.75, 3.05) is 0 Å². The standard InChI is InChI=1S/C13H19NO2.C9H11NO2/c1-10(2)8-12(14)13(15)16-9-11-6-4-3-5-7-11;10-8(9(11)12)6-7-4-2-1-3-5-7/h3-7,10,12H,8-9,14H2,1-2H3;1-5,8H,6,10H2,(H,11,12)/t12-;8-/m00/s1. The van der Waals surface area contributed by atoms with E-state index < -0.39 is 18.1 Å². The highest BCUT2D eigenvalue weighted by Gasteiger charge is 2.16. The molecule has 5 N–H and O–H groups in total. The van der Waals surface area contributed by atoms with E-state index in [-0.39, 0.29) is 5.97 Å². The summed E-state index contributed by atoms with van der Waals surface area (Å²) in [5, 5.41) is 8.52. The molecule has 6 nitrogen and oxygen atoms in total. The molecule has 0 aliphatic rings. The quantitative estimate of drug-likeness (QED) is 0.601. The van der Waals surface area contributed by atoms with Gasteiger partial charge in [0.25, 0.3) is 0 Å². The van der Waals surface area contributed by atoms with Crippen molar-refractivity contribution in [2.24, 2.45) is 17.4 Å². The second-order valence-electron chi connectivity index (χ2n) is 6.96. The number of carbonyl (C=O) groups excluding carboxylic acids is 1. The first-order chi connectivity index (χ1) is 13.3. The number of carboxylic acid groups (broad SMARTS) is 1. The van der Waals surface area contributed by atoms with Crippen LogP contribution >= 0.6 is 0 Å². The highest BCUT2D eigenvalue weighted by molar-refractivity contribution is 5.75. The molecule has 0 radical (unpaired) electrons. The number of hydrogen-bond acceptors (Lipinski definition) is 5. The van der Waals surface area contributed by atoms with Crippen LogP contribution in [0.25, 0.3) is 0 Å². The molecule has 0 amide bonds. The van der Waals surface area contributed by atoms with E-state index in [0.29, 0.717) is 25.4 Å². The molecule has 0 unspecified atom stereocenters. The fourth-order valence-corrected chi connectivity index (χ4v) is 2.40. The Balaban J connectivity index is 0.000000292. The Hall–Kier alpha value is -2.70. The van der Waals surface area contributed by atoms with E-state index in [4.69, 9.17) is 21.3 Å². The first-order valence-corrected chi connectivity index (χ1v) is 9.28. The molecule has 0 spiro atoms.